The normalized spacial score (nSPS) is 11.0. The Morgan fingerprint density at radius 3 is 2.44 bits per heavy atom. The molecule has 0 aliphatic rings. The minimum Gasteiger partial charge on any atom is -1.00 e. The average Bonchev–Trinajstić information content (AvgIpc) is 2.36. The fraction of sp³-hybridized carbons (Fsp3) is 0.250. The maximum Gasteiger partial charge on any atom is 0.140 e. The van der Waals surface area contributed by atoms with Crippen LogP contribution in [0.5, 0.6) is 0 Å². The Hall–Kier alpha value is -1.31. The minimum atomic E-state index is 0. The highest BCUT2D eigenvalue weighted by Gasteiger charge is 2.20. The van der Waals surface area contributed by atoms with Crippen molar-refractivity contribution in [2.24, 2.45) is 0 Å². The van der Waals surface area contributed by atoms with E-state index in [4.69, 9.17) is 0 Å². The Morgan fingerprint density at radius 1 is 1.06 bits per heavy atom. The van der Waals surface area contributed by atoms with E-state index in [9.17, 15) is 0 Å². The van der Waals surface area contributed by atoms with Gasteiger partial charge in [-0.25, -0.2) is 0 Å². The Kier molecular flexibility index (Phi) is 4.94. The summed E-state index contributed by atoms with van der Waals surface area (Å²) in [7, 11) is 4.51. The predicted octanol–water partition coefficient (Wildman–Crippen LogP) is 0.987. The zero-order chi connectivity index (χ0) is 12.3. The van der Waals surface area contributed by atoms with E-state index >= 15 is 0 Å². The molecule has 0 saturated carbocycles. The van der Waals surface area contributed by atoms with Gasteiger partial charge >= 0.3 is 0 Å². The zero-order valence-corrected chi connectivity index (χ0v) is 11.8. The standard InChI is InChI=1S/C16H20N.ClH/c1-4-5-13-17(2,3)16-12-8-10-14-9-6-7-11-15(14)16;/h4,6-12H,1,5,13H2,2-3H3;1H/q+1;/p-1. The second-order valence-electron chi connectivity index (χ2n) is 4.98. The van der Waals surface area contributed by atoms with Gasteiger partial charge in [-0.3, -0.25) is 4.48 Å². The molecule has 2 aromatic rings. The van der Waals surface area contributed by atoms with Crippen LogP contribution in [0.15, 0.2) is 55.1 Å². The summed E-state index contributed by atoms with van der Waals surface area (Å²) in [5, 5.41) is 2.67. The molecule has 2 rings (SSSR count). The number of halogens is 1. The van der Waals surface area contributed by atoms with E-state index in [0.717, 1.165) is 17.4 Å². The molecule has 96 valence electrons. The molecule has 0 saturated heterocycles. The lowest BCUT2D eigenvalue weighted by Gasteiger charge is -2.30. The summed E-state index contributed by atoms with van der Waals surface area (Å²) in [5.74, 6) is 0. The van der Waals surface area contributed by atoms with Crippen LogP contribution in [0.4, 0.5) is 5.69 Å². The van der Waals surface area contributed by atoms with Crippen LogP contribution < -0.4 is 16.9 Å². The molecule has 0 radical (unpaired) electrons. The van der Waals surface area contributed by atoms with Crippen LogP contribution in [0.3, 0.4) is 0 Å². The van der Waals surface area contributed by atoms with Crippen LogP contribution in [0.2, 0.25) is 0 Å². The third-order valence-electron chi connectivity index (χ3n) is 3.31. The molecule has 0 bridgehead atoms. The van der Waals surface area contributed by atoms with Gasteiger partial charge in [-0.2, -0.15) is 0 Å². The summed E-state index contributed by atoms with van der Waals surface area (Å²) in [4.78, 5) is 0. The monoisotopic (exact) mass is 261 g/mol. The van der Waals surface area contributed by atoms with E-state index in [2.05, 4.69) is 63.1 Å². The summed E-state index contributed by atoms with van der Waals surface area (Å²) in [6.45, 7) is 4.89. The fourth-order valence-electron chi connectivity index (χ4n) is 2.27. The summed E-state index contributed by atoms with van der Waals surface area (Å²) >= 11 is 0. The van der Waals surface area contributed by atoms with E-state index in [1.165, 1.54) is 16.5 Å². The Balaban J connectivity index is 0.00000162. The zero-order valence-electron chi connectivity index (χ0n) is 11.1. The van der Waals surface area contributed by atoms with Gasteiger partial charge in [0.15, 0.2) is 0 Å². The van der Waals surface area contributed by atoms with E-state index in [-0.39, 0.29) is 12.4 Å². The summed E-state index contributed by atoms with van der Waals surface area (Å²) in [5.41, 5.74) is 1.38. The van der Waals surface area contributed by atoms with Crippen LogP contribution in [-0.4, -0.2) is 20.6 Å². The van der Waals surface area contributed by atoms with Crippen molar-refractivity contribution < 1.29 is 12.4 Å². The molecule has 0 spiro atoms. The second kappa shape index (κ2) is 6.03. The number of rotatable bonds is 4. The molecule has 1 nitrogen and oxygen atoms in total. The summed E-state index contributed by atoms with van der Waals surface area (Å²) in [6.07, 6.45) is 3.03. The molecule has 2 aromatic carbocycles. The molecule has 0 N–H and O–H groups in total. The lowest BCUT2D eigenvalue weighted by molar-refractivity contribution is -0.00000358. The van der Waals surface area contributed by atoms with Crippen LogP contribution in [0, 0.1) is 0 Å². The number of quaternary nitrogens is 1. The van der Waals surface area contributed by atoms with E-state index in [1.807, 2.05) is 6.08 Å². The topological polar surface area (TPSA) is 0 Å². The SMILES string of the molecule is C=CCC[N+](C)(C)c1cccc2ccccc12.[Cl-]. The van der Waals surface area contributed by atoms with Gasteiger partial charge in [0, 0.05) is 11.8 Å². The van der Waals surface area contributed by atoms with Gasteiger partial charge in [-0.05, 0) is 17.5 Å². The average molecular weight is 262 g/mol. The molecule has 18 heavy (non-hydrogen) atoms. The highest BCUT2D eigenvalue weighted by molar-refractivity contribution is 5.93. The molecular weight excluding hydrogens is 242 g/mol. The first kappa shape index (κ1) is 14.7. The summed E-state index contributed by atoms with van der Waals surface area (Å²) in [6, 6.07) is 15.1. The van der Waals surface area contributed by atoms with Crippen LogP contribution in [0.25, 0.3) is 10.8 Å². The van der Waals surface area contributed by atoms with Crippen LogP contribution >= 0.6 is 0 Å². The third-order valence-corrected chi connectivity index (χ3v) is 3.31. The molecule has 0 heterocycles. The Morgan fingerprint density at radius 2 is 1.72 bits per heavy atom. The van der Waals surface area contributed by atoms with Crippen molar-refractivity contribution in [1.29, 1.82) is 0 Å². The molecule has 0 fully saturated rings. The van der Waals surface area contributed by atoms with Crippen molar-refractivity contribution in [3.63, 3.8) is 0 Å². The lowest BCUT2D eigenvalue weighted by atomic mass is 10.1. The number of fused-ring (bicyclic) bond motifs is 1. The van der Waals surface area contributed by atoms with Gasteiger partial charge in [0.1, 0.15) is 5.69 Å². The molecule has 0 atom stereocenters. The molecule has 0 unspecified atom stereocenters. The van der Waals surface area contributed by atoms with Crippen molar-refractivity contribution in [1.82, 2.24) is 4.48 Å². The van der Waals surface area contributed by atoms with E-state index in [0.29, 0.717) is 0 Å². The molecular formula is C16H20ClN. The predicted molar refractivity (Wildman–Crippen MR) is 77.3 cm³/mol. The maximum atomic E-state index is 3.81. The van der Waals surface area contributed by atoms with Gasteiger partial charge in [0.05, 0.1) is 20.6 Å². The van der Waals surface area contributed by atoms with Crippen molar-refractivity contribution in [2.75, 3.05) is 20.6 Å². The number of hydrogen-bond acceptors (Lipinski definition) is 0. The first-order valence-corrected chi connectivity index (χ1v) is 6.07. The van der Waals surface area contributed by atoms with Gasteiger partial charge < -0.3 is 12.4 Å². The Labute approximate surface area is 116 Å². The minimum absolute atomic E-state index is 0. The van der Waals surface area contributed by atoms with Crippen LogP contribution in [-0.2, 0) is 0 Å². The maximum absolute atomic E-state index is 3.81. The number of nitrogens with zero attached hydrogens (tertiary/aromatic N) is 1. The smallest absolute Gasteiger partial charge is 0.140 e. The van der Waals surface area contributed by atoms with Gasteiger partial charge in [-0.1, -0.05) is 36.4 Å². The molecule has 0 amide bonds. The first-order chi connectivity index (χ1) is 8.15. The van der Waals surface area contributed by atoms with Gasteiger partial charge in [0.2, 0.25) is 0 Å². The lowest BCUT2D eigenvalue weighted by Crippen LogP contribution is -3.00. The number of benzene rings is 2. The van der Waals surface area contributed by atoms with Crippen LogP contribution in [0.1, 0.15) is 6.42 Å². The fourth-order valence-corrected chi connectivity index (χ4v) is 2.27. The second-order valence-corrected chi connectivity index (χ2v) is 4.98. The van der Waals surface area contributed by atoms with E-state index in [1.54, 1.807) is 0 Å². The molecule has 2 heteroatoms. The van der Waals surface area contributed by atoms with Gasteiger partial charge in [-0.15, -0.1) is 6.58 Å². The molecule has 0 aliphatic heterocycles. The number of hydrogen-bond donors (Lipinski definition) is 0. The van der Waals surface area contributed by atoms with Crippen molar-refractivity contribution in [2.45, 2.75) is 6.42 Å². The third kappa shape index (κ3) is 2.92. The quantitative estimate of drug-likeness (QED) is 0.569. The highest BCUT2D eigenvalue weighted by Crippen LogP contribution is 2.29. The van der Waals surface area contributed by atoms with Crippen molar-refractivity contribution >= 4 is 16.5 Å². The molecule has 0 aliphatic carbocycles. The van der Waals surface area contributed by atoms with Gasteiger partial charge in [0.25, 0.3) is 0 Å². The largest absolute Gasteiger partial charge is 1.00 e. The Bertz CT molecular complexity index is 526. The van der Waals surface area contributed by atoms with Crippen molar-refractivity contribution in [3.8, 4) is 0 Å². The van der Waals surface area contributed by atoms with E-state index < -0.39 is 0 Å². The first-order valence-electron chi connectivity index (χ1n) is 6.07. The summed E-state index contributed by atoms with van der Waals surface area (Å²) < 4.78 is 0.896. The highest BCUT2D eigenvalue weighted by atomic mass is 35.5. The van der Waals surface area contributed by atoms with Crippen molar-refractivity contribution in [3.05, 3.63) is 55.1 Å². The molecule has 0 aromatic heterocycles.